The fourth-order valence-corrected chi connectivity index (χ4v) is 3.87. The zero-order chi connectivity index (χ0) is 19.8. The molecule has 2 aromatic rings. The second kappa shape index (κ2) is 7.74. The standard InChI is InChI=1S/C21H18BrF5/c1-2-12-3-5-13(6-4-12)14-7-8-16(17(23)9-14)15-10-18(24)20(19(25)11-15)21(22,26)27/h3,5,7-13H,2,4,6H2,1H3. The minimum Gasteiger partial charge on any atom is -0.206 e. The number of hydrogen-bond acceptors (Lipinski definition) is 0. The number of hydrogen-bond donors (Lipinski definition) is 0. The van der Waals surface area contributed by atoms with Gasteiger partial charge in [-0.2, -0.15) is 8.78 Å². The van der Waals surface area contributed by atoms with E-state index in [1.807, 2.05) is 15.9 Å². The topological polar surface area (TPSA) is 0 Å². The average molecular weight is 445 g/mol. The summed E-state index contributed by atoms with van der Waals surface area (Å²) in [5, 5.41) is 0. The lowest BCUT2D eigenvalue weighted by molar-refractivity contribution is 0.105. The molecule has 144 valence electrons. The molecule has 0 spiro atoms. The summed E-state index contributed by atoms with van der Waals surface area (Å²) < 4.78 is 69.1. The van der Waals surface area contributed by atoms with Gasteiger partial charge in [-0.05, 0) is 70.4 Å². The summed E-state index contributed by atoms with van der Waals surface area (Å²) in [6, 6.07) is 5.93. The third-order valence-corrected chi connectivity index (χ3v) is 5.44. The van der Waals surface area contributed by atoms with Crippen LogP contribution in [0, 0.1) is 23.4 Å². The first-order valence-corrected chi connectivity index (χ1v) is 9.54. The number of alkyl halides is 3. The molecule has 0 heterocycles. The van der Waals surface area contributed by atoms with E-state index in [0.717, 1.165) is 37.0 Å². The van der Waals surface area contributed by atoms with Crippen LogP contribution in [0.3, 0.4) is 0 Å². The molecule has 0 fully saturated rings. The zero-order valence-corrected chi connectivity index (χ0v) is 16.2. The van der Waals surface area contributed by atoms with E-state index in [4.69, 9.17) is 0 Å². The van der Waals surface area contributed by atoms with Crippen LogP contribution in [-0.2, 0) is 4.83 Å². The Hall–Kier alpha value is -1.69. The van der Waals surface area contributed by atoms with E-state index in [-0.39, 0.29) is 17.0 Å². The van der Waals surface area contributed by atoms with Crippen LogP contribution < -0.4 is 0 Å². The van der Waals surface area contributed by atoms with Crippen molar-refractivity contribution in [3.63, 3.8) is 0 Å². The van der Waals surface area contributed by atoms with Gasteiger partial charge in [0.15, 0.2) is 0 Å². The molecular formula is C21H18BrF5. The lowest BCUT2D eigenvalue weighted by Crippen LogP contribution is -2.10. The second-order valence-corrected chi connectivity index (χ2v) is 7.78. The van der Waals surface area contributed by atoms with Crippen molar-refractivity contribution in [2.75, 3.05) is 0 Å². The Morgan fingerprint density at radius 3 is 2.11 bits per heavy atom. The van der Waals surface area contributed by atoms with Crippen molar-refractivity contribution >= 4 is 15.9 Å². The molecule has 1 aliphatic rings. The molecule has 2 atom stereocenters. The highest BCUT2D eigenvalue weighted by Gasteiger charge is 2.35. The SMILES string of the molecule is CCC1C=CC(c2ccc(-c3cc(F)c(C(F)(F)Br)c(F)c3)c(F)c2)CC1. The van der Waals surface area contributed by atoms with Gasteiger partial charge in [0.1, 0.15) is 23.0 Å². The normalized spacial score (nSPS) is 20.1. The van der Waals surface area contributed by atoms with Crippen molar-refractivity contribution in [1.82, 2.24) is 0 Å². The van der Waals surface area contributed by atoms with Gasteiger partial charge in [-0.1, -0.05) is 31.2 Å². The lowest BCUT2D eigenvalue weighted by atomic mass is 9.83. The molecule has 0 aromatic heterocycles. The van der Waals surface area contributed by atoms with Crippen molar-refractivity contribution in [3.8, 4) is 11.1 Å². The molecule has 0 bridgehead atoms. The van der Waals surface area contributed by atoms with Gasteiger partial charge >= 0.3 is 4.83 Å². The maximum Gasteiger partial charge on any atom is 0.332 e. The summed E-state index contributed by atoms with van der Waals surface area (Å²) in [5.74, 6) is -2.87. The molecule has 1 aliphatic carbocycles. The van der Waals surface area contributed by atoms with E-state index in [1.165, 1.54) is 12.1 Å². The second-order valence-electron chi connectivity index (χ2n) is 6.79. The summed E-state index contributed by atoms with van der Waals surface area (Å²) in [4.78, 5) is -3.84. The van der Waals surface area contributed by atoms with Gasteiger partial charge in [-0.15, -0.1) is 0 Å². The van der Waals surface area contributed by atoms with Gasteiger partial charge in [-0.25, -0.2) is 13.2 Å². The summed E-state index contributed by atoms with van der Waals surface area (Å²) in [6.45, 7) is 2.12. The van der Waals surface area contributed by atoms with E-state index in [9.17, 15) is 22.0 Å². The Morgan fingerprint density at radius 1 is 0.963 bits per heavy atom. The number of rotatable bonds is 4. The first kappa shape index (κ1) is 20.1. The van der Waals surface area contributed by atoms with Crippen LogP contribution in [0.1, 0.15) is 43.2 Å². The predicted octanol–water partition coefficient (Wildman–Crippen LogP) is 7.67. The summed E-state index contributed by atoms with van der Waals surface area (Å²) >= 11 is 1.95. The summed E-state index contributed by atoms with van der Waals surface area (Å²) in [6.07, 6.45) is 7.21. The number of allylic oxidation sites excluding steroid dienone is 2. The van der Waals surface area contributed by atoms with Crippen molar-refractivity contribution in [3.05, 3.63) is 71.1 Å². The molecule has 0 amide bonds. The third-order valence-electron chi connectivity index (χ3n) is 5.05. The van der Waals surface area contributed by atoms with E-state index in [1.54, 1.807) is 6.07 Å². The highest BCUT2D eigenvalue weighted by Crippen LogP contribution is 2.40. The zero-order valence-electron chi connectivity index (χ0n) is 14.6. The first-order valence-electron chi connectivity index (χ1n) is 8.75. The fraction of sp³-hybridized carbons (Fsp3) is 0.333. The molecular weight excluding hydrogens is 427 g/mol. The molecule has 0 nitrogen and oxygen atoms in total. The van der Waals surface area contributed by atoms with Gasteiger partial charge in [0.2, 0.25) is 0 Å². The maximum atomic E-state index is 14.6. The summed E-state index contributed by atoms with van der Waals surface area (Å²) in [5.41, 5.74) is -0.764. The van der Waals surface area contributed by atoms with Crippen LogP contribution in [-0.4, -0.2) is 0 Å². The van der Waals surface area contributed by atoms with Crippen molar-refractivity contribution in [2.45, 2.75) is 36.9 Å². The van der Waals surface area contributed by atoms with Crippen LogP contribution in [0.15, 0.2) is 42.5 Å². The molecule has 0 saturated carbocycles. The van der Waals surface area contributed by atoms with Gasteiger partial charge in [0.05, 0.1) is 0 Å². The summed E-state index contributed by atoms with van der Waals surface area (Å²) in [7, 11) is 0. The van der Waals surface area contributed by atoms with Gasteiger partial charge in [0, 0.05) is 11.5 Å². The first-order chi connectivity index (χ1) is 12.7. The van der Waals surface area contributed by atoms with Crippen LogP contribution in [0.2, 0.25) is 0 Å². The molecule has 27 heavy (non-hydrogen) atoms. The molecule has 0 saturated heterocycles. The number of halogens is 6. The molecule has 0 aliphatic heterocycles. The Morgan fingerprint density at radius 2 is 1.63 bits per heavy atom. The van der Waals surface area contributed by atoms with Gasteiger partial charge in [0.25, 0.3) is 0 Å². The largest absolute Gasteiger partial charge is 0.332 e. The fourth-order valence-electron chi connectivity index (χ4n) is 3.49. The molecule has 2 aromatic carbocycles. The van der Waals surface area contributed by atoms with E-state index in [0.29, 0.717) is 5.92 Å². The Bertz CT molecular complexity index is 846. The van der Waals surface area contributed by atoms with Gasteiger partial charge < -0.3 is 0 Å². The molecule has 0 radical (unpaired) electrons. The highest BCUT2D eigenvalue weighted by molar-refractivity contribution is 9.09. The van der Waals surface area contributed by atoms with Crippen molar-refractivity contribution < 1.29 is 22.0 Å². The van der Waals surface area contributed by atoms with Crippen LogP contribution >= 0.6 is 15.9 Å². The van der Waals surface area contributed by atoms with Crippen LogP contribution in [0.4, 0.5) is 22.0 Å². The minimum atomic E-state index is -3.84. The lowest BCUT2D eigenvalue weighted by Gasteiger charge is -2.22. The quantitative estimate of drug-likeness (QED) is 0.257. The van der Waals surface area contributed by atoms with Crippen molar-refractivity contribution in [2.24, 2.45) is 5.92 Å². The molecule has 3 rings (SSSR count). The predicted molar refractivity (Wildman–Crippen MR) is 99.5 cm³/mol. The number of benzene rings is 2. The Labute approximate surface area is 163 Å². The van der Waals surface area contributed by atoms with E-state index < -0.39 is 27.8 Å². The van der Waals surface area contributed by atoms with Gasteiger partial charge in [-0.3, -0.25) is 0 Å². The Balaban J connectivity index is 1.93. The Kier molecular flexibility index (Phi) is 5.75. The monoisotopic (exact) mass is 444 g/mol. The van der Waals surface area contributed by atoms with E-state index >= 15 is 0 Å². The average Bonchev–Trinajstić information content (AvgIpc) is 2.59. The van der Waals surface area contributed by atoms with E-state index in [2.05, 4.69) is 19.1 Å². The smallest absolute Gasteiger partial charge is 0.206 e. The van der Waals surface area contributed by atoms with Crippen LogP contribution in [0.25, 0.3) is 11.1 Å². The third kappa shape index (κ3) is 4.26. The highest BCUT2D eigenvalue weighted by atomic mass is 79.9. The van der Waals surface area contributed by atoms with Crippen LogP contribution in [0.5, 0.6) is 0 Å². The van der Waals surface area contributed by atoms with Crippen molar-refractivity contribution in [1.29, 1.82) is 0 Å². The molecule has 0 N–H and O–H groups in total. The minimum absolute atomic E-state index is 0.0350. The molecule has 6 heteroatoms. The maximum absolute atomic E-state index is 14.6. The molecule has 2 unspecified atom stereocenters.